The van der Waals surface area contributed by atoms with Crippen molar-refractivity contribution in [3.05, 3.63) is 23.8 Å². The van der Waals surface area contributed by atoms with Crippen LogP contribution < -0.4 is 9.47 Å². The number of hydrogen-bond acceptors (Lipinski definition) is 4. The number of methoxy groups -OCH3 is 2. The van der Waals surface area contributed by atoms with E-state index in [1.165, 1.54) is 57.4 Å². The average molecular weight is 330 g/mol. The molecule has 1 saturated heterocycles. The lowest BCUT2D eigenvalue weighted by atomic mass is 9.93. The molecule has 0 N–H and O–H groups in total. The molecule has 3 fully saturated rings. The van der Waals surface area contributed by atoms with E-state index in [9.17, 15) is 0 Å². The van der Waals surface area contributed by atoms with Gasteiger partial charge in [0.1, 0.15) is 11.5 Å². The maximum atomic E-state index is 5.55. The van der Waals surface area contributed by atoms with Crippen molar-refractivity contribution in [1.29, 1.82) is 0 Å². The number of hydrogen-bond donors (Lipinski definition) is 0. The summed E-state index contributed by atoms with van der Waals surface area (Å²) >= 11 is 0. The quantitative estimate of drug-likeness (QED) is 0.828. The third kappa shape index (κ3) is 3.14. The predicted octanol–water partition coefficient (Wildman–Crippen LogP) is 3.01. The first-order valence-corrected chi connectivity index (χ1v) is 9.44. The van der Waals surface area contributed by atoms with E-state index in [4.69, 9.17) is 9.47 Å². The zero-order chi connectivity index (χ0) is 16.5. The van der Waals surface area contributed by atoms with Crippen LogP contribution in [0, 0.1) is 11.8 Å². The molecule has 1 aliphatic heterocycles. The molecular weight excluding hydrogens is 300 g/mol. The summed E-state index contributed by atoms with van der Waals surface area (Å²) < 4.78 is 10.8. The minimum Gasteiger partial charge on any atom is -0.497 e. The highest BCUT2D eigenvalue weighted by Gasteiger charge is 2.42. The monoisotopic (exact) mass is 330 g/mol. The lowest BCUT2D eigenvalue weighted by molar-refractivity contribution is 0.0676. The number of ether oxygens (including phenoxy) is 2. The molecule has 1 heterocycles. The van der Waals surface area contributed by atoms with Crippen LogP contribution in [0.15, 0.2) is 18.2 Å². The second-order valence-corrected chi connectivity index (χ2v) is 7.73. The maximum absolute atomic E-state index is 5.55. The van der Waals surface area contributed by atoms with Gasteiger partial charge in [-0.15, -0.1) is 0 Å². The molecule has 0 unspecified atom stereocenters. The molecule has 2 aliphatic carbocycles. The van der Waals surface area contributed by atoms with Crippen LogP contribution in [0.5, 0.6) is 11.5 Å². The third-order valence-electron chi connectivity index (χ3n) is 6.46. The first-order valence-electron chi connectivity index (χ1n) is 9.44. The summed E-state index contributed by atoms with van der Waals surface area (Å²) in [5.74, 6) is 3.84. The Morgan fingerprint density at radius 1 is 1.00 bits per heavy atom. The normalized spacial score (nSPS) is 30.7. The van der Waals surface area contributed by atoms with E-state index in [1.54, 1.807) is 14.2 Å². The van der Waals surface area contributed by atoms with Crippen LogP contribution >= 0.6 is 0 Å². The number of benzene rings is 1. The summed E-state index contributed by atoms with van der Waals surface area (Å²) in [4.78, 5) is 5.35. The van der Waals surface area contributed by atoms with Crippen molar-refractivity contribution in [1.82, 2.24) is 9.80 Å². The van der Waals surface area contributed by atoms with Crippen LogP contribution in [0.1, 0.15) is 31.2 Å². The van der Waals surface area contributed by atoms with E-state index in [0.717, 1.165) is 35.9 Å². The van der Waals surface area contributed by atoms with Gasteiger partial charge in [-0.25, -0.2) is 0 Å². The van der Waals surface area contributed by atoms with Gasteiger partial charge >= 0.3 is 0 Å². The molecule has 0 radical (unpaired) electrons. The molecule has 2 saturated carbocycles. The van der Waals surface area contributed by atoms with Crippen LogP contribution in [0.3, 0.4) is 0 Å². The smallest absolute Gasteiger partial charge is 0.127 e. The summed E-state index contributed by atoms with van der Waals surface area (Å²) in [6, 6.07) is 7.05. The molecule has 3 atom stereocenters. The third-order valence-corrected chi connectivity index (χ3v) is 6.46. The average Bonchev–Trinajstić information content (AvgIpc) is 3.26. The summed E-state index contributed by atoms with van der Waals surface area (Å²) in [6.07, 6.45) is 5.96. The molecule has 0 amide bonds. The maximum Gasteiger partial charge on any atom is 0.127 e. The SMILES string of the molecule is COc1ccc(CN2CCN([C@@H]3C[C@@H]4CC[C@@H]3C4)CC2)c(OC)c1. The van der Waals surface area contributed by atoms with Gasteiger partial charge in [-0.3, -0.25) is 9.80 Å². The number of nitrogens with zero attached hydrogens (tertiary/aromatic N) is 2. The van der Waals surface area contributed by atoms with Gasteiger partial charge in [0.25, 0.3) is 0 Å². The van der Waals surface area contributed by atoms with Crippen molar-refractivity contribution in [2.24, 2.45) is 11.8 Å². The van der Waals surface area contributed by atoms with Crippen molar-refractivity contribution in [3.8, 4) is 11.5 Å². The van der Waals surface area contributed by atoms with Crippen molar-refractivity contribution < 1.29 is 9.47 Å². The Bertz CT molecular complexity index is 569. The van der Waals surface area contributed by atoms with Gasteiger partial charge in [0.15, 0.2) is 0 Å². The Labute approximate surface area is 145 Å². The van der Waals surface area contributed by atoms with E-state index >= 15 is 0 Å². The number of piperazine rings is 1. The molecule has 4 nitrogen and oxygen atoms in total. The minimum atomic E-state index is 0.858. The number of rotatable bonds is 5. The van der Waals surface area contributed by atoms with Crippen molar-refractivity contribution >= 4 is 0 Å². The molecule has 0 spiro atoms. The molecule has 0 aromatic heterocycles. The molecule has 4 heteroatoms. The van der Waals surface area contributed by atoms with E-state index in [2.05, 4.69) is 15.9 Å². The van der Waals surface area contributed by atoms with Gasteiger partial charge in [0.2, 0.25) is 0 Å². The summed E-state index contributed by atoms with van der Waals surface area (Å²) in [7, 11) is 3.44. The van der Waals surface area contributed by atoms with E-state index in [0.29, 0.717) is 0 Å². The van der Waals surface area contributed by atoms with Crippen molar-refractivity contribution in [3.63, 3.8) is 0 Å². The zero-order valence-corrected chi connectivity index (χ0v) is 15.0. The van der Waals surface area contributed by atoms with Crippen LogP contribution in [0.25, 0.3) is 0 Å². The first kappa shape index (κ1) is 16.2. The largest absolute Gasteiger partial charge is 0.497 e. The van der Waals surface area contributed by atoms with E-state index < -0.39 is 0 Å². The molecule has 1 aromatic rings. The van der Waals surface area contributed by atoms with E-state index in [1.807, 2.05) is 12.1 Å². The van der Waals surface area contributed by atoms with Crippen LogP contribution in [0.2, 0.25) is 0 Å². The molecule has 24 heavy (non-hydrogen) atoms. The summed E-state index contributed by atoms with van der Waals surface area (Å²) in [5.41, 5.74) is 1.26. The fourth-order valence-electron chi connectivity index (χ4n) is 5.13. The fraction of sp³-hybridized carbons (Fsp3) is 0.700. The molecule has 2 bridgehead atoms. The fourth-order valence-corrected chi connectivity index (χ4v) is 5.13. The predicted molar refractivity (Wildman–Crippen MR) is 95.6 cm³/mol. The van der Waals surface area contributed by atoms with Crippen LogP contribution in [-0.2, 0) is 6.54 Å². The lowest BCUT2D eigenvalue weighted by Gasteiger charge is -2.41. The Morgan fingerprint density at radius 2 is 1.83 bits per heavy atom. The summed E-state index contributed by atoms with van der Waals surface area (Å²) in [5, 5.41) is 0. The molecule has 132 valence electrons. The van der Waals surface area contributed by atoms with Gasteiger partial charge in [-0.1, -0.05) is 12.5 Å². The highest BCUT2D eigenvalue weighted by Crippen LogP contribution is 2.46. The Hall–Kier alpha value is -1.26. The minimum absolute atomic E-state index is 0.858. The van der Waals surface area contributed by atoms with Gasteiger partial charge < -0.3 is 9.47 Å². The first-order chi connectivity index (χ1) is 11.8. The molecule has 3 aliphatic rings. The van der Waals surface area contributed by atoms with Gasteiger partial charge in [0, 0.05) is 50.4 Å². The van der Waals surface area contributed by atoms with Gasteiger partial charge in [-0.2, -0.15) is 0 Å². The molecule has 1 aromatic carbocycles. The highest BCUT2D eigenvalue weighted by atomic mass is 16.5. The topological polar surface area (TPSA) is 24.9 Å². The number of fused-ring (bicyclic) bond motifs is 2. The Morgan fingerprint density at radius 3 is 2.46 bits per heavy atom. The van der Waals surface area contributed by atoms with Gasteiger partial charge in [-0.05, 0) is 37.2 Å². The van der Waals surface area contributed by atoms with Crippen molar-refractivity contribution in [2.45, 2.75) is 38.3 Å². The standard InChI is InChI=1S/C20H30N2O2/c1-23-18-6-5-17(20(13-18)24-2)14-21-7-9-22(10-8-21)19-12-15-3-4-16(19)11-15/h5-6,13,15-16,19H,3-4,7-12,14H2,1-2H3/t15-,16-,19-/m1/s1. The van der Waals surface area contributed by atoms with Crippen LogP contribution in [0.4, 0.5) is 0 Å². The highest BCUT2D eigenvalue weighted by molar-refractivity contribution is 5.40. The van der Waals surface area contributed by atoms with Gasteiger partial charge in [0.05, 0.1) is 14.2 Å². The zero-order valence-electron chi connectivity index (χ0n) is 15.0. The second kappa shape index (κ2) is 6.93. The van der Waals surface area contributed by atoms with Crippen molar-refractivity contribution in [2.75, 3.05) is 40.4 Å². The van der Waals surface area contributed by atoms with E-state index in [-0.39, 0.29) is 0 Å². The second-order valence-electron chi connectivity index (χ2n) is 7.73. The Balaban J connectivity index is 1.33. The Kier molecular flexibility index (Phi) is 4.68. The van der Waals surface area contributed by atoms with Crippen LogP contribution in [-0.4, -0.2) is 56.2 Å². The summed E-state index contributed by atoms with van der Waals surface area (Å²) in [6.45, 7) is 5.77. The lowest BCUT2D eigenvalue weighted by Crippen LogP contribution is -2.51. The molecule has 4 rings (SSSR count). The molecular formula is C20H30N2O2.